The Kier molecular flexibility index (Phi) is 6.10. The molecule has 41 heavy (non-hydrogen) atoms. The van der Waals surface area contributed by atoms with E-state index in [1.807, 2.05) is 25.1 Å². The first-order chi connectivity index (χ1) is 19.2. The number of nitrogens with zero attached hydrogens (tertiary/aromatic N) is 3. The summed E-state index contributed by atoms with van der Waals surface area (Å²) in [6.07, 6.45) is 1.44. The van der Waals surface area contributed by atoms with Gasteiger partial charge < -0.3 is 35.8 Å². The number of Topliss-reactive ketones (excluding diaryl/α,β-unsaturated/α-hetero) is 2. The van der Waals surface area contributed by atoms with Gasteiger partial charge >= 0.3 is 0 Å². The van der Waals surface area contributed by atoms with Crippen molar-refractivity contribution in [2.75, 3.05) is 46.2 Å². The number of nitrogens with two attached hydrogens (primary N) is 1. The lowest BCUT2D eigenvalue weighted by atomic mass is 9.60. The predicted molar refractivity (Wildman–Crippen MR) is 146 cm³/mol. The molecule has 1 aromatic rings. The number of hydrogen-bond acceptors (Lipinski definition) is 11. The van der Waals surface area contributed by atoms with Crippen LogP contribution in [0.25, 0.3) is 0 Å². The van der Waals surface area contributed by atoms with Gasteiger partial charge in [-0.05, 0) is 44.5 Å². The van der Waals surface area contributed by atoms with Gasteiger partial charge in [-0.2, -0.15) is 0 Å². The molecule has 0 saturated carbocycles. The maximum absolute atomic E-state index is 14.2. The Labute approximate surface area is 237 Å². The molecule has 5 aliphatic rings. The van der Waals surface area contributed by atoms with E-state index in [0.717, 1.165) is 5.69 Å². The van der Waals surface area contributed by atoms with E-state index in [4.69, 9.17) is 10.5 Å². The molecular weight excluding hydrogens is 532 g/mol. The van der Waals surface area contributed by atoms with Gasteiger partial charge in [0.1, 0.15) is 28.6 Å². The Morgan fingerprint density at radius 1 is 1.15 bits per heavy atom. The number of benzene rings is 1. The van der Waals surface area contributed by atoms with Gasteiger partial charge in [0.25, 0.3) is 5.91 Å². The summed E-state index contributed by atoms with van der Waals surface area (Å²) in [4.78, 5) is 43.9. The minimum atomic E-state index is -2.38. The third-order valence-corrected chi connectivity index (χ3v) is 9.58. The second-order valence-corrected chi connectivity index (χ2v) is 12.3. The van der Waals surface area contributed by atoms with Gasteiger partial charge in [0, 0.05) is 69.3 Å². The molecule has 1 amide bonds. The number of hydrogen-bond donors (Lipinski definition) is 5. The van der Waals surface area contributed by atoms with Crippen LogP contribution >= 0.6 is 0 Å². The van der Waals surface area contributed by atoms with Gasteiger partial charge in [0.15, 0.2) is 11.4 Å². The number of piperidine rings is 1. The fraction of sp³-hybridized carbons (Fsp3) is 0.552. The topological polar surface area (TPSA) is 180 Å². The van der Waals surface area contributed by atoms with Crippen LogP contribution in [0.4, 0.5) is 5.69 Å². The average Bonchev–Trinajstić information content (AvgIpc) is 3.51. The molecule has 1 aromatic carbocycles. The molecule has 5 atom stereocenters. The van der Waals surface area contributed by atoms with Gasteiger partial charge in [-0.3, -0.25) is 24.2 Å². The lowest BCUT2D eigenvalue weighted by Gasteiger charge is -2.46. The zero-order valence-electron chi connectivity index (χ0n) is 23.6. The molecule has 12 nitrogen and oxygen atoms in total. The number of phenolic OH excluding ortho intramolecular Hbond substituents is 1. The lowest BCUT2D eigenvalue weighted by molar-refractivity contribution is -0.121. The number of epoxide rings is 1. The molecule has 2 saturated heterocycles. The normalized spacial score (nSPS) is 32.9. The molecule has 6 N–H and O–H groups in total. The van der Waals surface area contributed by atoms with Crippen molar-refractivity contribution < 1.29 is 39.5 Å². The van der Waals surface area contributed by atoms with Crippen molar-refractivity contribution in [3.8, 4) is 5.75 Å². The number of likely N-dealkylation sites (tertiary alicyclic amines) is 1. The summed E-state index contributed by atoms with van der Waals surface area (Å²) in [5.74, 6) is -6.14. The zero-order chi connectivity index (χ0) is 29.8. The first kappa shape index (κ1) is 27.7. The fourth-order valence-corrected chi connectivity index (χ4v) is 7.68. The molecule has 1 spiro atoms. The Morgan fingerprint density at radius 3 is 2.39 bits per heavy atom. The van der Waals surface area contributed by atoms with Gasteiger partial charge in [-0.15, -0.1) is 0 Å². The van der Waals surface area contributed by atoms with Crippen LogP contribution in [0, 0.1) is 11.8 Å². The van der Waals surface area contributed by atoms with Gasteiger partial charge in [0.2, 0.25) is 5.79 Å². The summed E-state index contributed by atoms with van der Waals surface area (Å²) in [6.45, 7) is 1.47. The minimum Gasteiger partial charge on any atom is -0.510 e. The molecule has 0 bridgehead atoms. The van der Waals surface area contributed by atoms with Crippen LogP contribution in [0.3, 0.4) is 0 Å². The fourth-order valence-electron chi connectivity index (χ4n) is 7.68. The van der Waals surface area contributed by atoms with Crippen molar-refractivity contribution >= 4 is 23.2 Å². The maximum atomic E-state index is 14.2. The number of carbonyl (C=O) groups excluding carboxylic acids is 3. The minimum absolute atomic E-state index is 0.0214. The van der Waals surface area contributed by atoms with Crippen LogP contribution in [-0.2, 0) is 27.3 Å². The smallest absolute Gasteiger partial charge is 0.253 e. The molecular formula is C29H36N4O8. The molecule has 2 heterocycles. The van der Waals surface area contributed by atoms with Crippen LogP contribution < -0.4 is 10.6 Å². The predicted octanol–water partition coefficient (Wildman–Crippen LogP) is 0.509. The van der Waals surface area contributed by atoms with Crippen molar-refractivity contribution in [1.82, 2.24) is 9.80 Å². The number of amides is 1. The Bertz CT molecular complexity index is 1450. The van der Waals surface area contributed by atoms with E-state index in [1.165, 1.54) is 0 Å². The summed E-state index contributed by atoms with van der Waals surface area (Å²) in [5.41, 5.74) is 5.21. The van der Waals surface area contributed by atoms with Crippen LogP contribution in [0.1, 0.15) is 40.7 Å². The van der Waals surface area contributed by atoms with Crippen molar-refractivity contribution in [1.29, 1.82) is 0 Å². The van der Waals surface area contributed by atoms with Crippen LogP contribution in [0.5, 0.6) is 5.75 Å². The number of ketones is 2. The van der Waals surface area contributed by atoms with E-state index >= 15 is 0 Å². The number of phenols is 1. The molecule has 0 radical (unpaired) electrons. The van der Waals surface area contributed by atoms with E-state index < -0.39 is 58.0 Å². The second kappa shape index (κ2) is 9.02. The SMILES string of the molecule is CN(C)c1cc(CN2CCC(=O)CC2)c(O)c2c1C[C@H]1C[C@H]3[C@H](N(C)C)C(O)=C(C(N)=O)C4(O)O[C@]34C(O)=C1C2=O. The number of aromatic hydroxyl groups is 1. The molecule has 220 valence electrons. The number of carbonyl (C=O) groups is 3. The van der Waals surface area contributed by atoms with Crippen molar-refractivity contribution in [3.63, 3.8) is 0 Å². The second-order valence-electron chi connectivity index (χ2n) is 12.3. The average molecular weight is 569 g/mol. The van der Waals surface area contributed by atoms with E-state index in [2.05, 4.69) is 4.90 Å². The molecule has 2 aliphatic heterocycles. The third-order valence-electron chi connectivity index (χ3n) is 9.58. The standard InChI is InChI=1S/C29H36N4O8/c1-31(2)18-11-14(12-33-7-5-15(34)6-8-33)23(35)20-16(18)9-13-10-17-22(32(3)4)25(37)21(27(30)39)29(40)28(17,41-29)26(38)19(13)24(20)36/h11,13,17,22,35,37-38,40H,5-10,12H2,1-4H3,(H2,30,39)/t13-,17-,22-,28-,29?/m0/s1. The number of primary amides is 1. The molecule has 1 unspecified atom stereocenters. The Balaban J connectivity index is 1.48. The lowest BCUT2D eigenvalue weighted by Crippen LogP contribution is -2.57. The Hall–Kier alpha value is -3.45. The molecule has 12 heteroatoms. The van der Waals surface area contributed by atoms with E-state index in [9.17, 15) is 34.8 Å². The number of ether oxygens (including phenoxy) is 1. The number of allylic oxidation sites excluding steroid dienone is 1. The van der Waals surface area contributed by atoms with E-state index in [1.54, 1.807) is 19.0 Å². The summed E-state index contributed by atoms with van der Waals surface area (Å²) >= 11 is 0. The van der Waals surface area contributed by atoms with Gasteiger partial charge in [-0.25, -0.2) is 0 Å². The van der Waals surface area contributed by atoms with Crippen molar-refractivity contribution in [3.05, 3.63) is 45.4 Å². The molecule has 0 aromatic heterocycles. The summed E-state index contributed by atoms with van der Waals surface area (Å²) in [6, 6.07) is 1.05. The molecule has 2 fully saturated rings. The first-order valence-corrected chi connectivity index (χ1v) is 13.8. The highest BCUT2D eigenvalue weighted by molar-refractivity contribution is 6.15. The number of aliphatic hydroxyl groups is 3. The van der Waals surface area contributed by atoms with Gasteiger partial charge in [0.05, 0.1) is 11.6 Å². The molecule has 6 rings (SSSR count). The largest absolute Gasteiger partial charge is 0.510 e. The van der Waals surface area contributed by atoms with Crippen molar-refractivity contribution in [2.45, 2.75) is 49.7 Å². The van der Waals surface area contributed by atoms with E-state index in [0.29, 0.717) is 50.0 Å². The Morgan fingerprint density at radius 2 is 1.80 bits per heavy atom. The molecule has 3 aliphatic carbocycles. The number of likely N-dealkylation sites (N-methyl/N-ethyl adjacent to an activating group) is 1. The van der Waals surface area contributed by atoms with Crippen LogP contribution in [0.15, 0.2) is 28.7 Å². The first-order valence-electron chi connectivity index (χ1n) is 13.8. The zero-order valence-corrected chi connectivity index (χ0v) is 23.6. The van der Waals surface area contributed by atoms with E-state index in [-0.39, 0.29) is 29.1 Å². The highest BCUT2D eigenvalue weighted by Gasteiger charge is 2.84. The van der Waals surface area contributed by atoms with Crippen LogP contribution in [0.2, 0.25) is 0 Å². The quantitative estimate of drug-likeness (QED) is 0.312. The van der Waals surface area contributed by atoms with Gasteiger partial charge in [-0.1, -0.05) is 0 Å². The van der Waals surface area contributed by atoms with Crippen LogP contribution in [-0.4, -0.2) is 106 Å². The number of aliphatic hydroxyl groups excluding tert-OH is 2. The highest BCUT2D eigenvalue weighted by atomic mass is 16.8. The maximum Gasteiger partial charge on any atom is 0.253 e. The summed E-state index contributed by atoms with van der Waals surface area (Å²) < 4.78 is 5.75. The highest BCUT2D eigenvalue weighted by Crippen LogP contribution is 2.68. The monoisotopic (exact) mass is 568 g/mol. The number of rotatable bonds is 5. The number of anilines is 1. The summed E-state index contributed by atoms with van der Waals surface area (Å²) in [5, 5.41) is 45.7. The third kappa shape index (κ3) is 3.64. The van der Waals surface area contributed by atoms with Crippen molar-refractivity contribution in [2.24, 2.45) is 17.6 Å². The number of fused-ring (bicyclic) bond motifs is 2. The summed E-state index contributed by atoms with van der Waals surface area (Å²) in [7, 11) is 7.10.